The molecule has 17 heavy (non-hydrogen) atoms. The molecule has 1 nitrogen and oxygen atoms in total. The minimum absolute atomic E-state index is 0.560. The van der Waals surface area contributed by atoms with E-state index in [-0.39, 0.29) is 0 Å². The molecular weight excluding hydrogens is 230 g/mol. The largest absolute Gasteiger partial charge is 0.326 e. The van der Waals surface area contributed by atoms with Crippen LogP contribution < -0.4 is 5.73 Å². The van der Waals surface area contributed by atoms with Gasteiger partial charge in [0.2, 0.25) is 0 Å². The predicted octanol–water partition coefficient (Wildman–Crippen LogP) is 3.20. The van der Waals surface area contributed by atoms with Gasteiger partial charge in [-0.1, -0.05) is 35.6 Å². The van der Waals surface area contributed by atoms with Crippen molar-refractivity contribution in [2.75, 3.05) is 0 Å². The van der Waals surface area contributed by atoms with E-state index in [0.29, 0.717) is 6.54 Å². The van der Waals surface area contributed by atoms with Crippen molar-refractivity contribution >= 4 is 11.6 Å². The number of hydrogen-bond acceptors (Lipinski definition) is 1. The fourth-order valence-electron chi connectivity index (χ4n) is 1.40. The van der Waals surface area contributed by atoms with Gasteiger partial charge in [-0.2, -0.15) is 0 Å². The first kappa shape index (κ1) is 11.7. The van der Waals surface area contributed by atoms with Crippen LogP contribution in [-0.2, 0) is 6.54 Å². The summed E-state index contributed by atoms with van der Waals surface area (Å²) in [5.41, 5.74) is 8.58. The molecule has 0 aliphatic heterocycles. The highest BCUT2D eigenvalue weighted by molar-refractivity contribution is 6.30. The quantitative estimate of drug-likeness (QED) is 0.763. The molecule has 0 saturated carbocycles. The Labute approximate surface area is 106 Å². The fraction of sp³-hybridized carbons (Fsp3) is 0.0667. The lowest BCUT2D eigenvalue weighted by atomic mass is 10.1. The van der Waals surface area contributed by atoms with Crippen molar-refractivity contribution in [1.29, 1.82) is 0 Å². The highest BCUT2D eigenvalue weighted by atomic mass is 35.5. The molecule has 0 radical (unpaired) electrons. The number of nitrogens with two attached hydrogens (primary N) is 1. The molecule has 0 bridgehead atoms. The van der Waals surface area contributed by atoms with Crippen LogP contribution in [0.3, 0.4) is 0 Å². The van der Waals surface area contributed by atoms with Gasteiger partial charge < -0.3 is 5.73 Å². The summed E-state index contributed by atoms with van der Waals surface area (Å²) in [6.45, 7) is 0.560. The van der Waals surface area contributed by atoms with E-state index in [1.54, 1.807) is 0 Å². The van der Waals surface area contributed by atoms with E-state index < -0.39 is 0 Å². The summed E-state index contributed by atoms with van der Waals surface area (Å²) in [6.07, 6.45) is 0. The van der Waals surface area contributed by atoms with Crippen LogP contribution in [0.2, 0.25) is 5.02 Å². The van der Waals surface area contributed by atoms with Crippen molar-refractivity contribution in [1.82, 2.24) is 0 Å². The van der Waals surface area contributed by atoms with Crippen LogP contribution in [0.4, 0.5) is 0 Å². The number of rotatable bonds is 1. The van der Waals surface area contributed by atoms with E-state index >= 15 is 0 Å². The predicted molar refractivity (Wildman–Crippen MR) is 71.8 cm³/mol. The van der Waals surface area contributed by atoms with Gasteiger partial charge in [0.05, 0.1) is 0 Å². The lowest BCUT2D eigenvalue weighted by molar-refractivity contribution is 1.07. The number of hydrogen-bond donors (Lipinski definition) is 1. The monoisotopic (exact) mass is 241 g/mol. The summed E-state index contributed by atoms with van der Waals surface area (Å²) in [5.74, 6) is 6.18. The molecule has 0 aromatic heterocycles. The molecule has 2 heteroatoms. The van der Waals surface area contributed by atoms with Crippen molar-refractivity contribution in [2.24, 2.45) is 5.73 Å². The maximum Gasteiger partial charge on any atom is 0.0406 e. The van der Waals surface area contributed by atoms with Crippen molar-refractivity contribution in [3.8, 4) is 11.8 Å². The molecule has 84 valence electrons. The molecule has 0 saturated heterocycles. The Kier molecular flexibility index (Phi) is 3.82. The molecule has 2 rings (SSSR count). The summed E-state index contributed by atoms with van der Waals surface area (Å²) in [5, 5.41) is 0.725. The third-order valence-corrected chi connectivity index (χ3v) is 2.64. The third-order valence-electron chi connectivity index (χ3n) is 2.39. The van der Waals surface area contributed by atoms with E-state index in [4.69, 9.17) is 17.3 Å². The smallest absolute Gasteiger partial charge is 0.0406 e. The van der Waals surface area contributed by atoms with E-state index in [9.17, 15) is 0 Å². The molecule has 2 N–H and O–H groups in total. The van der Waals surface area contributed by atoms with Crippen molar-refractivity contribution in [3.05, 3.63) is 70.2 Å². The topological polar surface area (TPSA) is 26.0 Å². The Balaban J connectivity index is 2.17. The molecule has 0 spiro atoms. The first-order valence-corrected chi connectivity index (χ1v) is 5.72. The highest BCUT2D eigenvalue weighted by Crippen LogP contribution is 2.09. The molecule has 0 heterocycles. The van der Waals surface area contributed by atoms with Gasteiger partial charge in [-0.15, -0.1) is 0 Å². The fourth-order valence-corrected chi connectivity index (χ4v) is 1.53. The zero-order valence-electron chi connectivity index (χ0n) is 9.28. The van der Waals surface area contributed by atoms with Gasteiger partial charge in [0, 0.05) is 22.7 Å². The normalized spacial score (nSPS) is 9.53. The Morgan fingerprint density at radius 2 is 1.29 bits per heavy atom. The van der Waals surface area contributed by atoms with Crippen molar-refractivity contribution in [2.45, 2.75) is 6.54 Å². The van der Waals surface area contributed by atoms with Crippen molar-refractivity contribution < 1.29 is 0 Å². The van der Waals surface area contributed by atoms with Gasteiger partial charge in [-0.3, -0.25) is 0 Å². The maximum atomic E-state index is 5.80. The van der Waals surface area contributed by atoms with Gasteiger partial charge in [0.1, 0.15) is 0 Å². The summed E-state index contributed by atoms with van der Waals surface area (Å²) < 4.78 is 0. The lowest BCUT2D eigenvalue weighted by Gasteiger charge is -1.95. The molecule has 0 fully saturated rings. The van der Waals surface area contributed by atoms with Crippen molar-refractivity contribution in [3.63, 3.8) is 0 Å². The molecule has 0 aliphatic rings. The second-order valence-electron chi connectivity index (χ2n) is 3.66. The van der Waals surface area contributed by atoms with Crippen LogP contribution in [0, 0.1) is 11.8 Å². The van der Waals surface area contributed by atoms with Crippen LogP contribution >= 0.6 is 11.6 Å². The zero-order valence-corrected chi connectivity index (χ0v) is 10.0. The molecule has 0 aliphatic carbocycles. The van der Waals surface area contributed by atoms with E-state index in [0.717, 1.165) is 21.7 Å². The number of halogens is 1. The van der Waals surface area contributed by atoms with E-state index in [2.05, 4.69) is 11.8 Å². The standard InChI is InChI=1S/C15H12ClN/c16-15-9-7-13(8-10-15)2-1-12-3-5-14(11-17)6-4-12/h3-10H,11,17H2. The van der Waals surface area contributed by atoms with Crippen LogP contribution in [0.15, 0.2) is 48.5 Å². The van der Waals surface area contributed by atoms with Crippen LogP contribution in [0.25, 0.3) is 0 Å². The minimum atomic E-state index is 0.560. The molecule has 2 aromatic carbocycles. The molecule has 0 atom stereocenters. The van der Waals surface area contributed by atoms with Crippen LogP contribution in [0.1, 0.15) is 16.7 Å². The van der Waals surface area contributed by atoms with Gasteiger partial charge in [-0.05, 0) is 42.0 Å². The second-order valence-corrected chi connectivity index (χ2v) is 4.09. The molecule has 0 unspecified atom stereocenters. The summed E-state index contributed by atoms with van der Waals surface area (Å²) >= 11 is 5.80. The van der Waals surface area contributed by atoms with Crippen LogP contribution in [-0.4, -0.2) is 0 Å². The lowest BCUT2D eigenvalue weighted by Crippen LogP contribution is -1.95. The molecule has 0 amide bonds. The third kappa shape index (κ3) is 3.35. The highest BCUT2D eigenvalue weighted by Gasteiger charge is 1.90. The van der Waals surface area contributed by atoms with E-state index in [1.165, 1.54) is 0 Å². The minimum Gasteiger partial charge on any atom is -0.326 e. The molecule has 2 aromatic rings. The maximum absolute atomic E-state index is 5.80. The first-order valence-electron chi connectivity index (χ1n) is 5.34. The average Bonchev–Trinajstić information content (AvgIpc) is 2.39. The Hall–Kier alpha value is -1.75. The SMILES string of the molecule is NCc1ccc(C#Cc2ccc(Cl)cc2)cc1. The van der Waals surface area contributed by atoms with E-state index in [1.807, 2.05) is 48.5 Å². The molecular formula is C15H12ClN. The van der Waals surface area contributed by atoms with Crippen LogP contribution in [0.5, 0.6) is 0 Å². The Bertz CT molecular complexity index is 544. The van der Waals surface area contributed by atoms with Gasteiger partial charge in [0.15, 0.2) is 0 Å². The van der Waals surface area contributed by atoms with Gasteiger partial charge in [-0.25, -0.2) is 0 Å². The Morgan fingerprint density at radius 1 is 0.824 bits per heavy atom. The van der Waals surface area contributed by atoms with Gasteiger partial charge in [0.25, 0.3) is 0 Å². The summed E-state index contributed by atoms with van der Waals surface area (Å²) in [7, 11) is 0. The number of benzene rings is 2. The zero-order chi connectivity index (χ0) is 12.1. The summed E-state index contributed by atoms with van der Waals surface area (Å²) in [4.78, 5) is 0. The summed E-state index contributed by atoms with van der Waals surface area (Å²) in [6, 6.07) is 15.4. The first-order chi connectivity index (χ1) is 8.28. The average molecular weight is 242 g/mol. The van der Waals surface area contributed by atoms with Gasteiger partial charge >= 0.3 is 0 Å². The Morgan fingerprint density at radius 3 is 1.76 bits per heavy atom. The second kappa shape index (κ2) is 5.54.